The number of nitriles is 1. The molecule has 0 aliphatic rings. The summed E-state index contributed by atoms with van der Waals surface area (Å²) in [4.78, 5) is 13.8. The van der Waals surface area contributed by atoms with Gasteiger partial charge in [-0.05, 0) is 89.0 Å². The third kappa shape index (κ3) is 6.25. The van der Waals surface area contributed by atoms with E-state index in [1.54, 1.807) is 36.4 Å². The zero-order chi connectivity index (χ0) is 44.0. The second kappa shape index (κ2) is 15.7. The Morgan fingerprint density at radius 1 is 0.369 bits per heavy atom. The molecule has 0 aliphatic heterocycles. The van der Waals surface area contributed by atoms with Crippen molar-refractivity contribution in [2.75, 3.05) is 4.90 Å². The Bertz CT molecular complexity index is 3610. The lowest BCUT2D eigenvalue weighted by atomic mass is 10.00. The van der Waals surface area contributed by atoms with Gasteiger partial charge < -0.3 is 14.0 Å². The van der Waals surface area contributed by atoms with Crippen molar-refractivity contribution < 1.29 is 0 Å². The van der Waals surface area contributed by atoms with Crippen molar-refractivity contribution in [1.29, 1.82) is 5.26 Å². The molecule has 9 aromatic carbocycles. The molecular weight excluding hydrogens is 795 g/mol. The number of nitrogens with zero attached hydrogens (tertiary/aromatic N) is 7. The molecule has 0 radical (unpaired) electrons. The summed E-state index contributed by atoms with van der Waals surface area (Å²) in [5, 5.41) is 14.2. The van der Waals surface area contributed by atoms with Gasteiger partial charge in [0.1, 0.15) is 0 Å². The van der Waals surface area contributed by atoms with Gasteiger partial charge in [0.2, 0.25) is 5.69 Å². The van der Waals surface area contributed by atoms with Crippen molar-refractivity contribution in [3.05, 3.63) is 240 Å². The first-order valence-corrected chi connectivity index (χ1v) is 21.0. The fourth-order valence-electron chi connectivity index (χ4n) is 9.29. The van der Waals surface area contributed by atoms with Crippen LogP contribution in [-0.4, -0.2) is 9.13 Å². The third-order valence-corrected chi connectivity index (χ3v) is 12.2. The lowest BCUT2D eigenvalue weighted by Crippen LogP contribution is -2.10. The minimum absolute atomic E-state index is 0.405. The fourth-order valence-corrected chi connectivity index (χ4v) is 9.29. The van der Waals surface area contributed by atoms with Crippen LogP contribution in [0.4, 0.5) is 34.1 Å². The predicted molar refractivity (Wildman–Crippen MR) is 264 cm³/mol. The second-order valence-electron chi connectivity index (χ2n) is 15.7. The van der Waals surface area contributed by atoms with Crippen molar-refractivity contribution in [2.24, 2.45) is 0 Å². The van der Waals surface area contributed by atoms with E-state index >= 15 is 0 Å². The van der Waals surface area contributed by atoms with Crippen molar-refractivity contribution in [3.63, 3.8) is 0 Å². The van der Waals surface area contributed by atoms with E-state index in [1.807, 2.05) is 47.0 Å². The van der Waals surface area contributed by atoms with Crippen LogP contribution in [-0.2, 0) is 0 Å². The maximum Gasteiger partial charge on any atom is 0.211 e. The first kappa shape index (κ1) is 38.3. The van der Waals surface area contributed by atoms with E-state index in [1.165, 1.54) is 5.56 Å². The van der Waals surface area contributed by atoms with E-state index in [0.29, 0.717) is 34.0 Å². The molecular formula is C58H33N7. The van der Waals surface area contributed by atoms with Crippen molar-refractivity contribution in [2.45, 2.75) is 0 Å². The van der Waals surface area contributed by atoms with E-state index in [0.717, 1.165) is 77.4 Å². The minimum atomic E-state index is 0.405. The van der Waals surface area contributed by atoms with Gasteiger partial charge in [0, 0.05) is 38.6 Å². The van der Waals surface area contributed by atoms with Gasteiger partial charge in [-0.1, -0.05) is 133 Å². The van der Waals surface area contributed by atoms with Crippen LogP contribution in [0.3, 0.4) is 0 Å². The number of anilines is 3. The number of hydrogen-bond donors (Lipinski definition) is 0. The van der Waals surface area contributed by atoms with Crippen LogP contribution in [0, 0.1) is 31.0 Å². The first-order chi connectivity index (χ1) is 32.1. The van der Waals surface area contributed by atoms with E-state index < -0.39 is 0 Å². The van der Waals surface area contributed by atoms with Crippen LogP contribution in [0.5, 0.6) is 0 Å². The summed E-state index contributed by atoms with van der Waals surface area (Å²) in [6.45, 7) is 24.1. The normalized spacial score (nSPS) is 11.0. The molecule has 0 amide bonds. The molecule has 0 saturated carbocycles. The molecule has 0 N–H and O–H groups in total. The molecule has 2 heterocycles. The summed E-state index contributed by atoms with van der Waals surface area (Å²) < 4.78 is 4.09. The molecule has 0 unspecified atom stereocenters. The average molecular weight is 828 g/mol. The van der Waals surface area contributed by atoms with Gasteiger partial charge in [0.15, 0.2) is 11.4 Å². The minimum Gasteiger partial charge on any atom is -0.329 e. The zero-order valence-corrected chi connectivity index (χ0v) is 34.7. The Morgan fingerprint density at radius 2 is 0.769 bits per heavy atom. The molecule has 7 heteroatoms. The van der Waals surface area contributed by atoms with Crippen molar-refractivity contribution in [1.82, 2.24) is 9.13 Å². The predicted octanol–water partition coefficient (Wildman–Crippen LogP) is 16.2. The van der Waals surface area contributed by atoms with Crippen LogP contribution in [0.2, 0.25) is 0 Å². The van der Waals surface area contributed by atoms with Crippen molar-refractivity contribution >= 4 is 77.7 Å². The van der Waals surface area contributed by atoms with Crippen LogP contribution in [0.1, 0.15) is 5.56 Å². The lowest BCUT2D eigenvalue weighted by Gasteiger charge is -2.26. The maximum absolute atomic E-state index is 10.3. The quantitative estimate of drug-likeness (QED) is 0.150. The molecule has 2 aromatic heterocycles. The topological polar surface area (TPSA) is 50.0 Å². The number of benzene rings is 9. The second-order valence-corrected chi connectivity index (χ2v) is 15.7. The summed E-state index contributed by atoms with van der Waals surface area (Å²) in [6.07, 6.45) is 0. The SMILES string of the molecule is [C-]#[N+]c1cccc(C#N)c1-n1c2ccccc2c2cc(N(c3ccc(-c4ccc(-c5ccccc5)cc4)cc3)c3ccc4c(c3)c3ccccc3n4-c3c([N+]#[C-])cccc3[N+]#[C-])ccc21. The highest BCUT2D eigenvalue weighted by atomic mass is 15.1. The molecule has 0 fully saturated rings. The van der Waals surface area contributed by atoms with Gasteiger partial charge in [0.05, 0.1) is 64.8 Å². The monoisotopic (exact) mass is 827 g/mol. The highest BCUT2D eigenvalue weighted by molar-refractivity contribution is 6.13. The molecule has 0 saturated heterocycles. The maximum atomic E-state index is 10.3. The molecule has 0 bridgehead atoms. The third-order valence-electron chi connectivity index (χ3n) is 12.2. The molecule has 11 rings (SSSR count). The number of aromatic nitrogens is 2. The lowest BCUT2D eigenvalue weighted by molar-refractivity contribution is 1.17. The van der Waals surface area contributed by atoms with E-state index in [9.17, 15) is 5.26 Å². The number of rotatable bonds is 7. The smallest absolute Gasteiger partial charge is 0.211 e. The number of para-hydroxylation sites is 4. The summed E-state index contributed by atoms with van der Waals surface area (Å²) >= 11 is 0. The zero-order valence-electron chi connectivity index (χ0n) is 34.7. The Morgan fingerprint density at radius 3 is 1.28 bits per heavy atom. The van der Waals surface area contributed by atoms with Crippen molar-refractivity contribution in [3.8, 4) is 39.7 Å². The van der Waals surface area contributed by atoms with Gasteiger partial charge in [-0.3, -0.25) is 0 Å². The van der Waals surface area contributed by atoms with Gasteiger partial charge in [-0.15, -0.1) is 0 Å². The Balaban J connectivity index is 1.12. The Kier molecular flexibility index (Phi) is 9.23. The van der Waals surface area contributed by atoms with E-state index in [-0.39, 0.29) is 0 Å². The fraction of sp³-hybridized carbons (Fsp3) is 0. The van der Waals surface area contributed by atoms with E-state index in [4.69, 9.17) is 19.7 Å². The summed E-state index contributed by atoms with van der Waals surface area (Å²) in [5.74, 6) is 0. The van der Waals surface area contributed by atoms with Crippen LogP contribution >= 0.6 is 0 Å². The van der Waals surface area contributed by atoms with Gasteiger partial charge in [-0.25, -0.2) is 14.5 Å². The standard InChI is InChI=1S/C58H33N7/c1-60-50-18-11-15-42(37-59)57(50)64-53-21-9-7-16-46(53)48-35-44(31-33-55(48)64)63(43-29-27-41(28-30-43)40-25-23-39(24-26-40)38-13-5-4-6-14-38)45-32-34-56-49(36-45)47-17-8-10-22-54(47)65(56)58-51(61-2)19-12-20-52(58)62-3/h4-36H. The van der Waals surface area contributed by atoms with Crippen LogP contribution < -0.4 is 4.90 Å². The molecule has 0 atom stereocenters. The summed E-state index contributed by atoms with van der Waals surface area (Å²) in [5.41, 5.74) is 13.7. The molecule has 300 valence electrons. The number of hydrogen-bond acceptors (Lipinski definition) is 2. The van der Waals surface area contributed by atoms with Gasteiger partial charge >= 0.3 is 0 Å². The van der Waals surface area contributed by atoms with Crippen LogP contribution in [0.15, 0.2) is 200 Å². The molecule has 65 heavy (non-hydrogen) atoms. The van der Waals surface area contributed by atoms with Crippen LogP contribution in [0.25, 0.3) is 91.8 Å². The Labute approximate surface area is 375 Å². The highest BCUT2D eigenvalue weighted by Gasteiger charge is 2.23. The molecule has 11 aromatic rings. The van der Waals surface area contributed by atoms with Gasteiger partial charge in [-0.2, -0.15) is 5.26 Å². The number of fused-ring (bicyclic) bond motifs is 6. The first-order valence-electron chi connectivity index (χ1n) is 21.0. The average Bonchev–Trinajstić information content (AvgIpc) is 3.88. The molecule has 7 nitrogen and oxygen atoms in total. The summed E-state index contributed by atoms with van der Waals surface area (Å²) in [6, 6.07) is 69.6. The summed E-state index contributed by atoms with van der Waals surface area (Å²) in [7, 11) is 0. The van der Waals surface area contributed by atoms with Gasteiger partial charge in [0.25, 0.3) is 0 Å². The molecule has 0 spiro atoms. The van der Waals surface area contributed by atoms with E-state index in [2.05, 4.69) is 151 Å². The Hall–Kier alpha value is -9.66. The highest BCUT2D eigenvalue weighted by Crippen LogP contribution is 2.45. The molecule has 0 aliphatic carbocycles. The largest absolute Gasteiger partial charge is 0.329 e.